The number of hydrogen-bond donors (Lipinski definition) is 1. The number of nitrogens with one attached hydrogen (secondary N) is 1. The fourth-order valence-corrected chi connectivity index (χ4v) is 3.87. The van der Waals surface area contributed by atoms with Crippen LogP contribution in [0.3, 0.4) is 0 Å². The molecule has 4 aromatic rings. The van der Waals surface area contributed by atoms with Gasteiger partial charge in [-0.25, -0.2) is 4.79 Å². The summed E-state index contributed by atoms with van der Waals surface area (Å²) in [7, 11) is 0. The second kappa shape index (κ2) is 9.18. The second-order valence-electron chi connectivity index (χ2n) is 7.50. The van der Waals surface area contributed by atoms with Crippen LogP contribution >= 0.6 is 11.6 Å². The van der Waals surface area contributed by atoms with E-state index < -0.39 is 41.1 Å². The Morgan fingerprint density at radius 3 is 2.35 bits per heavy atom. The molecule has 10 heteroatoms. The van der Waals surface area contributed by atoms with Gasteiger partial charge in [0, 0.05) is 5.02 Å². The SMILES string of the molecule is O=C(Cn1c(=O)n(Cc2cccc(Cl)c2)c(=O)c2ccccc21)Nc1ccccc1C(F)(F)F. The van der Waals surface area contributed by atoms with Crippen molar-refractivity contribution in [1.29, 1.82) is 0 Å². The molecule has 0 aliphatic rings. The molecular weight excluding hydrogens is 471 g/mol. The number of carbonyl (C=O) groups is 1. The summed E-state index contributed by atoms with van der Waals surface area (Å²) in [5.74, 6) is -0.850. The van der Waals surface area contributed by atoms with Crippen LogP contribution in [-0.2, 0) is 24.1 Å². The number of fused-ring (bicyclic) bond motifs is 1. The van der Waals surface area contributed by atoms with Crippen LogP contribution in [0.2, 0.25) is 5.02 Å². The van der Waals surface area contributed by atoms with Gasteiger partial charge in [-0.1, -0.05) is 48.0 Å². The molecule has 1 heterocycles. The van der Waals surface area contributed by atoms with Crippen LogP contribution in [0.4, 0.5) is 18.9 Å². The summed E-state index contributed by atoms with van der Waals surface area (Å²) in [5, 5.41) is 2.84. The number of anilines is 1. The average molecular weight is 488 g/mol. The molecule has 0 radical (unpaired) electrons. The molecule has 0 saturated heterocycles. The van der Waals surface area contributed by atoms with E-state index in [-0.39, 0.29) is 17.4 Å². The van der Waals surface area contributed by atoms with Gasteiger partial charge in [-0.2, -0.15) is 13.2 Å². The fraction of sp³-hybridized carbons (Fsp3) is 0.125. The number of halogens is 4. The molecule has 0 saturated carbocycles. The molecule has 1 N–H and O–H groups in total. The van der Waals surface area contributed by atoms with Gasteiger partial charge in [0.05, 0.1) is 28.7 Å². The zero-order valence-corrected chi connectivity index (χ0v) is 18.2. The maximum absolute atomic E-state index is 13.3. The van der Waals surface area contributed by atoms with E-state index in [1.807, 2.05) is 0 Å². The van der Waals surface area contributed by atoms with Crippen LogP contribution in [0, 0.1) is 0 Å². The highest BCUT2D eigenvalue weighted by molar-refractivity contribution is 6.30. The number of nitrogens with zero attached hydrogens (tertiary/aromatic N) is 2. The first-order chi connectivity index (χ1) is 16.1. The molecule has 1 aromatic heterocycles. The summed E-state index contributed by atoms with van der Waals surface area (Å²) < 4.78 is 41.9. The lowest BCUT2D eigenvalue weighted by molar-refractivity contribution is -0.137. The van der Waals surface area contributed by atoms with Gasteiger partial charge in [0.1, 0.15) is 6.54 Å². The smallest absolute Gasteiger partial charge is 0.324 e. The Morgan fingerprint density at radius 1 is 0.912 bits per heavy atom. The molecular formula is C24H17ClF3N3O3. The molecule has 0 bridgehead atoms. The highest BCUT2D eigenvalue weighted by atomic mass is 35.5. The van der Waals surface area contributed by atoms with Crippen LogP contribution in [0.5, 0.6) is 0 Å². The molecule has 1 amide bonds. The molecule has 4 rings (SSSR count). The van der Waals surface area contributed by atoms with Crippen molar-refractivity contribution in [3.63, 3.8) is 0 Å². The number of rotatable bonds is 5. The maximum Gasteiger partial charge on any atom is 0.418 e. The van der Waals surface area contributed by atoms with Crippen LogP contribution in [0.25, 0.3) is 10.9 Å². The van der Waals surface area contributed by atoms with Crippen LogP contribution in [0.15, 0.2) is 82.4 Å². The predicted molar refractivity (Wildman–Crippen MR) is 123 cm³/mol. The van der Waals surface area contributed by atoms with Crippen molar-refractivity contribution in [2.75, 3.05) is 5.32 Å². The number of para-hydroxylation sites is 2. The van der Waals surface area contributed by atoms with E-state index in [0.717, 1.165) is 21.3 Å². The van der Waals surface area contributed by atoms with Crippen molar-refractivity contribution in [2.45, 2.75) is 19.3 Å². The summed E-state index contributed by atoms with van der Waals surface area (Å²) in [6.07, 6.45) is -4.67. The standard InChI is InChI=1S/C24H17ClF3N3O3/c25-16-7-5-6-15(12-16)13-31-22(33)17-8-1-4-11-20(17)30(23(31)34)14-21(32)29-19-10-3-2-9-18(19)24(26,27)28/h1-12H,13-14H2,(H,29,32). The third kappa shape index (κ3) is 4.74. The zero-order valence-electron chi connectivity index (χ0n) is 17.5. The first-order valence-electron chi connectivity index (χ1n) is 10.1. The van der Waals surface area contributed by atoms with E-state index in [9.17, 15) is 27.6 Å². The molecule has 0 aliphatic heterocycles. The lowest BCUT2D eigenvalue weighted by Gasteiger charge is -2.16. The normalized spacial score (nSPS) is 11.5. The number of benzene rings is 3. The topological polar surface area (TPSA) is 73.1 Å². The number of alkyl halides is 3. The minimum atomic E-state index is -4.67. The summed E-state index contributed by atoms with van der Waals surface area (Å²) in [6.45, 7) is -0.692. The lowest BCUT2D eigenvalue weighted by atomic mass is 10.1. The van der Waals surface area contributed by atoms with Crippen LogP contribution in [-0.4, -0.2) is 15.0 Å². The van der Waals surface area contributed by atoms with Gasteiger partial charge in [-0.15, -0.1) is 0 Å². The van der Waals surface area contributed by atoms with Gasteiger partial charge >= 0.3 is 11.9 Å². The first kappa shape index (κ1) is 23.3. The molecule has 0 atom stereocenters. The molecule has 0 fully saturated rings. The molecule has 174 valence electrons. The van der Waals surface area contributed by atoms with Crippen LogP contribution < -0.4 is 16.6 Å². The monoisotopic (exact) mass is 487 g/mol. The zero-order chi connectivity index (χ0) is 24.5. The summed E-state index contributed by atoms with van der Waals surface area (Å²) in [4.78, 5) is 39.0. The Hall–Kier alpha value is -3.85. The largest absolute Gasteiger partial charge is 0.418 e. The Balaban J connectivity index is 1.75. The number of carbonyl (C=O) groups excluding carboxylic acids is 1. The molecule has 0 unspecified atom stereocenters. The Bertz CT molecular complexity index is 1510. The predicted octanol–water partition coefficient (Wildman–Crippen LogP) is 4.52. The van der Waals surface area contributed by atoms with Gasteiger partial charge in [0.15, 0.2) is 0 Å². The van der Waals surface area contributed by atoms with E-state index in [0.29, 0.717) is 10.6 Å². The average Bonchev–Trinajstić information content (AvgIpc) is 2.79. The minimum Gasteiger partial charge on any atom is -0.324 e. The van der Waals surface area contributed by atoms with Crippen LogP contribution in [0.1, 0.15) is 11.1 Å². The van der Waals surface area contributed by atoms with Gasteiger partial charge in [-0.3, -0.25) is 18.7 Å². The van der Waals surface area contributed by atoms with Gasteiger partial charge in [0.2, 0.25) is 5.91 Å². The van der Waals surface area contributed by atoms with Gasteiger partial charge < -0.3 is 5.32 Å². The van der Waals surface area contributed by atoms with Crippen molar-refractivity contribution in [2.24, 2.45) is 0 Å². The number of aromatic nitrogens is 2. The van der Waals surface area contributed by atoms with E-state index >= 15 is 0 Å². The molecule has 34 heavy (non-hydrogen) atoms. The summed E-state index contributed by atoms with van der Waals surface area (Å²) in [6, 6.07) is 17.4. The third-order valence-electron chi connectivity index (χ3n) is 5.17. The van der Waals surface area contributed by atoms with E-state index in [2.05, 4.69) is 5.32 Å². The highest BCUT2D eigenvalue weighted by Crippen LogP contribution is 2.34. The van der Waals surface area contributed by atoms with Crippen molar-refractivity contribution in [3.05, 3.63) is 110 Å². The van der Waals surface area contributed by atoms with Crippen molar-refractivity contribution >= 4 is 34.1 Å². The third-order valence-corrected chi connectivity index (χ3v) is 5.41. The fourth-order valence-electron chi connectivity index (χ4n) is 3.65. The quantitative estimate of drug-likeness (QED) is 0.450. The van der Waals surface area contributed by atoms with Gasteiger partial charge in [-0.05, 0) is 42.0 Å². The number of hydrogen-bond acceptors (Lipinski definition) is 3. The number of amides is 1. The molecule has 3 aromatic carbocycles. The van der Waals surface area contributed by atoms with E-state index in [1.54, 1.807) is 36.4 Å². The molecule has 0 spiro atoms. The Kier molecular flexibility index (Phi) is 6.30. The second-order valence-corrected chi connectivity index (χ2v) is 7.94. The first-order valence-corrected chi connectivity index (χ1v) is 10.5. The Labute approximate surface area is 195 Å². The van der Waals surface area contributed by atoms with Crippen molar-refractivity contribution < 1.29 is 18.0 Å². The van der Waals surface area contributed by atoms with Gasteiger partial charge in [0.25, 0.3) is 5.56 Å². The summed E-state index contributed by atoms with van der Waals surface area (Å²) >= 11 is 6.00. The Morgan fingerprint density at radius 2 is 1.62 bits per heavy atom. The van der Waals surface area contributed by atoms with Crippen molar-refractivity contribution in [3.8, 4) is 0 Å². The van der Waals surface area contributed by atoms with Crippen molar-refractivity contribution in [1.82, 2.24) is 9.13 Å². The molecule has 0 aliphatic carbocycles. The molecule has 6 nitrogen and oxygen atoms in total. The summed E-state index contributed by atoms with van der Waals surface area (Å²) in [5.41, 5.74) is -1.98. The van der Waals surface area contributed by atoms with E-state index in [4.69, 9.17) is 11.6 Å². The lowest BCUT2D eigenvalue weighted by Crippen LogP contribution is -2.42. The highest BCUT2D eigenvalue weighted by Gasteiger charge is 2.33. The maximum atomic E-state index is 13.3. The van der Waals surface area contributed by atoms with E-state index in [1.165, 1.54) is 24.3 Å². The minimum absolute atomic E-state index is 0.0956.